The van der Waals surface area contributed by atoms with Gasteiger partial charge in [-0.05, 0) is 0 Å². The van der Waals surface area contributed by atoms with Crippen molar-refractivity contribution in [2.45, 2.75) is 30.1 Å². The number of carboxylic acids is 1. The normalized spacial score (nSPS) is 42.9. The molecule has 0 radical (unpaired) electrons. The van der Waals surface area contributed by atoms with Crippen molar-refractivity contribution in [1.82, 2.24) is 0 Å². The first kappa shape index (κ1) is 12.3. The summed E-state index contributed by atoms with van der Waals surface area (Å²) < 4.78 is 4.66. The molecule has 5 atom stereocenters. The maximum Gasteiger partial charge on any atom is 0.354 e. The third kappa shape index (κ3) is 1.83. The van der Waals surface area contributed by atoms with Crippen molar-refractivity contribution in [2.75, 3.05) is 6.61 Å². The van der Waals surface area contributed by atoms with E-state index in [1.165, 1.54) is 0 Å². The molecular formula is C7H13NO7. The van der Waals surface area contributed by atoms with E-state index in [-0.39, 0.29) is 0 Å². The molecule has 15 heavy (non-hydrogen) atoms. The summed E-state index contributed by atoms with van der Waals surface area (Å²) >= 11 is 0. The van der Waals surface area contributed by atoms with E-state index < -0.39 is 42.7 Å². The van der Waals surface area contributed by atoms with E-state index in [2.05, 4.69) is 4.74 Å². The lowest BCUT2D eigenvalue weighted by Crippen LogP contribution is -2.57. The van der Waals surface area contributed by atoms with E-state index in [0.717, 1.165) is 0 Å². The van der Waals surface area contributed by atoms with Crippen LogP contribution in [0.25, 0.3) is 0 Å². The number of aliphatic hydroxyl groups excluding tert-OH is 4. The second-order valence-corrected chi connectivity index (χ2v) is 3.37. The van der Waals surface area contributed by atoms with Crippen LogP contribution in [-0.4, -0.2) is 68.2 Å². The van der Waals surface area contributed by atoms with Gasteiger partial charge in [-0.2, -0.15) is 0 Å². The van der Waals surface area contributed by atoms with Crippen molar-refractivity contribution < 1.29 is 35.1 Å². The van der Waals surface area contributed by atoms with Crippen molar-refractivity contribution in [3.63, 3.8) is 0 Å². The number of nitrogens with two attached hydrogens (primary N) is 1. The largest absolute Gasteiger partial charge is 0.478 e. The highest BCUT2D eigenvalue weighted by Gasteiger charge is 2.58. The molecule has 0 amide bonds. The molecule has 0 unspecified atom stereocenters. The Labute approximate surface area is 84.5 Å². The van der Waals surface area contributed by atoms with Crippen LogP contribution in [0.15, 0.2) is 0 Å². The minimum atomic E-state index is -2.47. The standard InChI is InChI=1S/C7H13NO7/c8-7(6(13)14)5(12)3(11)4(15-7)2(10)1-9/h2-5,9-12H,1,8H2,(H,13,14)/t2-,3-,4+,5+,7+/m0/s1. The zero-order valence-corrected chi connectivity index (χ0v) is 7.65. The lowest BCUT2D eigenvalue weighted by Gasteiger charge is -2.22. The predicted molar refractivity (Wildman–Crippen MR) is 44.5 cm³/mol. The summed E-state index contributed by atoms with van der Waals surface area (Å²) in [5.41, 5.74) is 2.72. The number of aliphatic carboxylic acids is 1. The molecule has 0 aromatic heterocycles. The van der Waals surface area contributed by atoms with Crippen molar-refractivity contribution >= 4 is 5.97 Å². The van der Waals surface area contributed by atoms with Gasteiger partial charge in [0.05, 0.1) is 6.61 Å². The quantitative estimate of drug-likeness (QED) is 0.285. The number of ether oxygens (including phenoxy) is 1. The van der Waals surface area contributed by atoms with Gasteiger partial charge in [0.2, 0.25) is 5.72 Å². The highest BCUT2D eigenvalue weighted by atomic mass is 16.6. The Morgan fingerprint density at radius 1 is 1.53 bits per heavy atom. The van der Waals surface area contributed by atoms with Crippen LogP contribution < -0.4 is 5.73 Å². The average molecular weight is 223 g/mol. The van der Waals surface area contributed by atoms with E-state index in [1.807, 2.05) is 0 Å². The first-order valence-electron chi connectivity index (χ1n) is 4.19. The van der Waals surface area contributed by atoms with E-state index in [1.54, 1.807) is 0 Å². The van der Waals surface area contributed by atoms with Crippen LogP contribution in [0.2, 0.25) is 0 Å². The number of rotatable bonds is 3. The average Bonchev–Trinajstić information content (AvgIpc) is 2.43. The van der Waals surface area contributed by atoms with Gasteiger partial charge in [0.1, 0.15) is 24.4 Å². The Bertz CT molecular complexity index is 260. The minimum absolute atomic E-state index is 0.746. The number of hydrogen-bond donors (Lipinski definition) is 6. The van der Waals surface area contributed by atoms with Gasteiger partial charge < -0.3 is 30.3 Å². The Morgan fingerprint density at radius 2 is 2.07 bits per heavy atom. The molecule has 1 aliphatic rings. The molecule has 1 rings (SSSR count). The molecule has 0 aromatic carbocycles. The van der Waals surface area contributed by atoms with Crippen LogP contribution in [0.4, 0.5) is 0 Å². The number of carboxylic acid groups (broad SMARTS) is 1. The summed E-state index contributed by atoms with van der Waals surface area (Å²) in [5.74, 6) is -1.67. The zero-order chi connectivity index (χ0) is 11.8. The van der Waals surface area contributed by atoms with Crippen LogP contribution in [0.3, 0.4) is 0 Å². The fraction of sp³-hybridized carbons (Fsp3) is 0.857. The maximum absolute atomic E-state index is 10.7. The van der Waals surface area contributed by atoms with Gasteiger partial charge in [-0.25, -0.2) is 4.79 Å². The van der Waals surface area contributed by atoms with Crippen LogP contribution in [0, 0.1) is 0 Å². The summed E-state index contributed by atoms with van der Waals surface area (Å²) in [6.07, 6.45) is -6.50. The molecule has 0 aliphatic carbocycles. The molecule has 8 heteroatoms. The van der Waals surface area contributed by atoms with Gasteiger partial charge in [-0.1, -0.05) is 0 Å². The Morgan fingerprint density at radius 3 is 2.40 bits per heavy atom. The SMILES string of the molecule is N[C@@]1(C(=O)O)O[C@H]([C@@H](O)CO)[C@H](O)[C@H]1O. The summed E-state index contributed by atoms with van der Waals surface area (Å²) in [5, 5.41) is 45.1. The summed E-state index contributed by atoms with van der Waals surface area (Å²) in [7, 11) is 0. The fourth-order valence-electron chi connectivity index (χ4n) is 1.38. The molecule has 0 saturated carbocycles. The van der Waals surface area contributed by atoms with Crippen LogP contribution >= 0.6 is 0 Å². The second kappa shape index (κ2) is 4.00. The first-order valence-corrected chi connectivity index (χ1v) is 4.19. The summed E-state index contributed by atoms with van der Waals surface area (Å²) in [6.45, 7) is -0.746. The Kier molecular flexibility index (Phi) is 3.28. The van der Waals surface area contributed by atoms with Crippen LogP contribution in [-0.2, 0) is 9.53 Å². The molecule has 0 aromatic rings. The molecule has 0 spiro atoms. The minimum Gasteiger partial charge on any atom is -0.478 e. The third-order valence-electron chi connectivity index (χ3n) is 2.33. The van der Waals surface area contributed by atoms with Gasteiger partial charge in [0.15, 0.2) is 0 Å². The molecule has 88 valence electrons. The Balaban J connectivity index is 2.89. The molecule has 8 nitrogen and oxygen atoms in total. The predicted octanol–water partition coefficient (Wildman–Crippen LogP) is -3.80. The molecule has 1 fully saturated rings. The fourth-order valence-corrected chi connectivity index (χ4v) is 1.38. The van der Waals surface area contributed by atoms with Crippen molar-refractivity contribution in [3.05, 3.63) is 0 Å². The number of aliphatic hydroxyl groups is 4. The zero-order valence-electron chi connectivity index (χ0n) is 7.65. The van der Waals surface area contributed by atoms with E-state index in [9.17, 15) is 15.0 Å². The van der Waals surface area contributed by atoms with Crippen LogP contribution in [0.5, 0.6) is 0 Å². The molecule has 7 N–H and O–H groups in total. The lowest BCUT2D eigenvalue weighted by atomic mass is 10.0. The molecule has 0 bridgehead atoms. The number of carbonyl (C=O) groups is 1. The number of hydrogen-bond acceptors (Lipinski definition) is 7. The molecule has 1 saturated heterocycles. The van der Waals surface area contributed by atoms with Crippen molar-refractivity contribution in [3.8, 4) is 0 Å². The van der Waals surface area contributed by atoms with Gasteiger partial charge in [-0.15, -0.1) is 0 Å². The second-order valence-electron chi connectivity index (χ2n) is 3.37. The molecule has 1 aliphatic heterocycles. The van der Waals surface area contributed by atoms with Crippen molar-refractivity contribution in [2.24, 2.45) is 5.73 Å². The highest BCUT2D eigenvalue weighted by Crippen LogP contribution is 2.29. The third-order valence-corrected chi connectivity index (χ3v) is 2.33. The van der Waals surface area contributed by atoms with Gasteiger partial charge >= 0.3 is 5.97 Å². The first-order chi connectivity index (χ1) is 6.84. The summed E-state index contributed by atoms with van der Waals surface area (Å²) in [4.78, 5) is 10.7. The highest BCUT2D eigenvalue weighted by molar-refractivity contribution is 5.78. The maximum atomic E-state index is 10.7. The van der Waals surface area contributed by atoms with E-state index in [0.29, 0.717) is 0 Å². The van der Waals surface area contributed by atoms with E-state index in [4.69, 9.17) is 21.1 Å². The topological polar surface area (TPSA) is 153 Å². The van der Waals surface area contributed by atoms with Crippen molar-refractivity contribution in [1.29, 1.82) is 0 Å². The monoisotopic (exact) mass is 223 g/mol. The molecule has 1 heterocycles. The molecular weight excluding hydrogens is 210 g/mol. The summed E-state index contributed by atoms with van der Waals surface area (Å²) in [6, 6.07) is 0. The lowest BCUT2D eigenvalue weighted by molar-refractivity contribution is -0.177. The van der Waals surface area contributed by atoms with Gasteiger partial charge in [0.25, 0.3) is 0 Å². The van der Waals surface area contributed by atoms with E-state index >= 15 is 0 Å². The van der Waals surface area contributed by atoms with Gasteiger partial charge in [-0.3, -0.25) is 5.73 Å². The Hall–Kier alpha value is -0.770. The smallest absolute Gasteiger partial charge is 0.354 e. The van der Waals surface area contributed by atoms with Gasteiger partial charge in [0, 0.05) is 0 Å². The van der Waals surface area contributed by atoms with Crippen LogP contribution in [0.1, 0.15) is 0 Å².